The number of fused-ring (bicyclic) bond motifs is 1. The molecular weight excluding hydrogens is 226 g/mol. The highest BCUT2D eigenvalue weighted by Gasteiger charge is 2.34. The Morgan fingerprint density at radius 1 is 1.11 bits per heavy atom. The van der Waals surface area contributed by atoms with E-state index in [2.05, 4.69) is 48.2 Å². The Morgan fingerprint density at radius 3 is 2.11 bits per heavy atom. The Bertz CT molecular complexity index is 561. The maximum absolute atomic E-state index is 5.96. The molecule has 0 spiro atoms. The maximum Gasteiger partial charge on any atom is 0.197 e. The molecule has 2 N–H and O–H groups in total. The molecule has 1 aromatic heterocycles. The van der Waals surface area contributed by atoms with Gasteiger partial charge in [-0.05, 0) is 25.1 Å². The summed E-state index contributed by atoms with van der Waals surface area (Å²) in [5.74, 6) is 1.35. The van der Waals surface area contributed by atoms with Crippen LogP contribution in [0, 0.1) is 6.92 Å². The average molecular weight is 243 g/mol. The zero-order chi connectivity index (χ0) is 12.9. The average Bonchev–Trinajstić information content (AvgIpc) is 2.79. The predicted molar refractivity (Wildman–Crippen MR) is 73.8 cm³/mol. The summed E-state index contributed by atoms with van der Waals surface area (Å²) in [6.07, 6.45) is 0.0971. The van der Waals surface area contributed by atoms with E-state index >= 15 is 0 Å². The molecule has 0 radical (unpaired) electrons. The van der Waals surface area contributed by atoms with Gasteiger partial charge in [0.2, 0.25) is 0 Å². The van der Waals surface area contributed by atoms with Crippen LogP contribution in [0.1, 0.15) is 17.5 Å². The summed E-state index contributed by atoms with van der Waals surface area (Å²) in [6, 6.07) is 10.4. The Morgan fingerprint density at radius 2 is 1.67 bits per heavy atom. The van der Waals surface area contributed by atoms with Crippen LogP contribution in [0.5, 0.6) is 0 Å². The van der Waals surface area contributed by atoms with Crippen molar-refractivity contribution in [3.63, 3.8) is 0 Å². The van der Waals surface area contributed by atoms with Crippen LogP contribution in [0.15, 0.2) is 34.7 Å². The van der Waals surface area contributed by atoms with Crippen molar-refractivity contribution in [3.05, 3.63) is 41.7 Å². The van der Waals surface area contributed by atoms with Crippen LogP contribution in [0.3, 0.4) is 0 Å². The van der Waals surface area contributed by atoms with Gasteiger partial charge in [0, 0.05) is 14.1 Å². The van der Waals surface area contributed by atoms with E-state index in [-0.39, 0.29) is 6.17 Å². The van der Waals surface area contributed by atoms with E-state index in [0.717, 1.165) is 11.3 Å². The number of nitrogens with zero attached hydrogens (tertiary/aromatic N) is 2. The summed E-state index contributed by atoms with van der Waals surface area (Å²) in [6.45, 7) is 1.92. The second-order valence-electron chi connectivity index (χ2n) is 4.76. The first-order valence-corrected chi connectivity index (χ1v) is 6.00. The molecule has 94 valence electrons. The molecule has 0 atom stereocenters. The van der Waals surface area contributed by atoms with Crippen LogP contribution >= 0.6 is 0 Å². The predicted octanol–water partition coefficient (Wildman–Crippen LogP) is 2.76. The van der Waals surface area contributed by atoms with Gasteiger partial charge < -0.3 is 20.0 Å². The minimum absolute atomic E-state index is 0.0971. The van der Waals surface area contributed by atoms with E-state index in [1.807, 2.05) is 13.0 Å². The number of nitrogens with two attached hydrogens (primary N) is 1. The van der Waals surface area contributed by atoms with E-state index in [0.29, 0.717) is 5.88 Å². The number of benzene rings is 1. The first kappa shape index (κ1) is 11.0. The van der Waals surface area contributed by atoms with Crippen LogP contribution in [0.2, 0.25) is 0 Å². The molecule has 1 aliphatic rings. The van der Waals surface area contributed by atoms with Crippen LogP contribution in [-0.4, -0.2) is 14.1 Å². The number of hydrogen-bond donors (Lipinski definition) is 1. The van der Waals surface area contributed by atoms with E-state index < -0.39 is 0 Å². The van der Waals surface area contributed by atoms with Crippen molar-refractivity contribution in [2.75, 3.05) is 29.6 Å². The van der Waals surface area contributed by atoms with Gasteiger partial charge in [0.05, 0.1) is 16.9 Å². The van der Waals surface area contributed by atoms with E-state index in [1.165, 1.54) is 11.4 Å². The fourth-order valence-corrected chi connectivity index (χ4v) is 2.75. The molecule has 18 heavy (non-hydrogen) atoms. The lowest BCUT2D eigenvalue weighted by molar-refractivity contribution is 0.548. The third-order valence-electron chi connectivity index (χ3n) is 3.57. The number of rotatable bonds is 1. The first-order chi connectivity index (χ1) is 8.59. The van der Waals surface area contributed by atoms with E-state index in [4.69, 9.17) is 10.2 Å². The summed E-state index contributed by atoms with van der Waals surface area (Å²) in [5, 5.41) is 0. The fourth-order valence-electron chi connectivity index (χ4n) is 2.75. The summed E-state index contributed by atoms with van der Waals surface area (Å²) < 4.78 is 5.45. The van der Waals surface area contributed by atoms with Crippen molar-refractivity contribution in [2.24, 2.45) is 0 Å². The summed E-state index contributed by atoms with van der Waals surface area (Å²) in [7, 11) is 4.16. The normalized spacial score (nSPS) is 15.3. The van der Waals surface area contributed by atoms with Crippen molar-refractivity contribution in [2.45, 2.75) is 13.1 Å². The molecule has 4 nitrogen and oxygen atoms in total. The lowest BCUT2D eigenvalue weighted by Gasteiger charge is -2.27. The molecule has 0 unspecified atom stereocenters. The van der Waals surface area contributed by atoms with Crippen molar-refractivity contribution in [3.8, 4) is 0 Å². The van der Waals surface area contributed by atoms with Gasteiger partial charge in [0.1, 0.15) is 11.9 Å². The van der Waals surface area contributed by atoms with Gasteiger partial charge in [-0.1, -0.05) is 12.1 Å². The minimum Gasteiger partial charge on any atom is -0.446 e. The molecule has 0 bridgehead atoms. The zero-order valence-electron chi connectivity index (χ0n) is 10.8. The molecular formula is C14H17N3O. The molecule has 3 rings (SSSR count). The highest BCUT2D eigenvalue weighted by Crippen LogP contribution is 2.45. The number of para-hydroxylation sites is 2. The molecule has 1 aromatic carbocycles. The lowest BCUT2D eigenvalue weighted by atomic mass is 10.2. The first-order valence-electron chi connectivity index (χ1n) is 6.00. The molecule has 0 saturated carbocycles. The van der Waals surface area contributed by atoms with Gasteiger partial charge in [-0.2, -0.15) is 0 Å². The number of anilines is 3. The largest absolute Gasteiger partial charge is 0.446 e. The number of furan rings is 1. The summed E-state index contributed by atoms with van der Waals surface area (Å²) in [4.78, 5) is 4.44. The molecule has 2 aromatic rings. The smallest absolute Gasteiger partial charge is 0.197 e. The van der Waals surface area contributed by atoms with Crippen LogP contribution in [-0.2, 0) is 0 Å². The molecule has 0 amide bonds. The Kier molecular flexibility index (Phi) is 2.26. The topological polar surface area (TPSA) is 45.6 Å². The van der Waals surface area contributed by atoms with E-state index in [9.17, 15) is 0 Å². The maximum atomic E-state index is 5.96. The van der Waals surface area contributed by atoms with Gasteiger partial charge in [0.15, 0.2) is 5.88 Å². The van der Waals surface area contributed by atoms with Gasteiger partial charge in [-0.15, -0.1) is 0 Å². The Labute approximate surface area is 107 Å². The highest BCUT2D eigenvalue weighted by atomic mass is 16.3. The SMILES string of the molecule is Cc1cc(C2N(C)c3ccccc3N2C)c(N)o1. The molecule has 0 saturated heterocycles. The third kappa shape index (κ3) is 1.38. The quantitative estimate of drug-likeness (QED) is 0.836. The Hall–Kier alpha value is -2.10. The summed E-state index contributed by atoms with van der Waals surface area (Å²) in [5.41, 5.74) is 9.41. The molecule has 0 aliphatic carbocycles. The van der Waals surface area contributed by atoms with Crippen molar-refractivity contribution in [1.29, 1.82) is 0 Å². The molecule has 0 fully saturated rings. The van der Waals surface area contributed by atoms with Gasteiger partial charge in [-0.25, -0.2) is 0 Å². The van der Waals surface area contributed by atoms with E-state index in [1.54, 1.807) is 0 Å². The summed E-state index contributed by atoms with van der Waals surface area (Å²) >= 11 is 0. The van der Waals surface area contributed by atoms with Crippen molar-refractivity contribution >= 4 is 17.3 Å². The van der Waals surface area contributed by atoms with Gasteiger partial charge >= 0.3 is 0 Å². The lowest BCUT2D eigenvalue weighted by Crippen LogP contribution is -2.30. The molecule has 1 aliphatic heterocycles. The van der Waals surface area contributed by atoms with Gasteiger partial charge in [0.25, 0.3) is 0 Å². The monoisotopic (exact) mass is 243 g/mol. The number of nitrogen functional groups attached to an aromatic ring is 1. The second kappa shape index (κ2) is 3.70. The van der Waals surface area contributed by atoms with Crippen LogP contribution in [0.25, 0.3) is 0 Å². The van der Waals surface area contributed by atoms with Crippen molar-refractivity contribution < 1.29 is 4.42 Å². The third-order valence-corrected chi connectivity index (χ3v) is 3.57. The number of hydrogen-bond acceptors (Lipinski definition) is 4. The van der Waals surface area contributed by atoms with Crippen molar-refractivity contribution in [1.82, 2.24) is 0 Å². The Balaban J connectivity index is 2.09. The van der Waals surface area contributed by atoms with Crippen LogP contribution < -0.4 is 15.5 Å². The highest BCUT2D eigenvalue weighted by molar-refractivity contribution is 5.78. The van der Waals surface area contributed by atoms with Crippen LogP contribution in [0.4, 0.5) is 17.3 Å². The fraction of sp³-hybridized carbons (Fsp3) is 0.286. The number of aryl methyl sites for hydroxylation is 1. The zero-order valence-corrected chi connectivity index (χ0v) is 10.8. The standard InChI is InChI=1S/C14H17N3O/c1-9-8-10(13(15)18-9)14-16(2)11-6-4-5-7-12(11)17(14)3/h4-8,14H,15H2,1-3H3. The molecule has 4 heteroatoms. The minimum atomic E-state index is 0.0971. The van der Waals surface area contributed by atoms with Gasteiger partial charge in [-0.3, -0.25) is 0 Å². The second-order valence-corrected chi connectivity index (χ2v) is 4.76. The molecule has 2 heterocycles.